The molecule has 1 heterocycles. The summed E-state index contributed by atoms with van der Waals surface area (Å²) in [5, 5.41) is 0. The summed E-state index contributed by atoms with van der Waals surface area (Å²) in [6.45, 7) is 7.74. The third kappa shape index (κ3) is 1.72. The maximum atomic E-state index is 5.65. The van der Waals surface area contributed by atoms with Gasteiger partial charge in [-0.2, -0.15) is 0 Å². The van der Waals surface area contributed by atoms with E-state index in [1.165, 1.54) is 12.8 Å². The lowest BCUT2D eigenvalue weighted by molar-refractivity contribution is -0.0474. The average molecular weight is 142 g/mol. The molecule has 0 unspecified atom stereocenters. The Balaban J connectivity index is 2.36. The smallest absolute Gasteiger partial charge is 0.0598 e. The lowest BCUT2D eigenvalue weighted by Gasteiger charge is -2.32. The Labute approximate surface area is 63.8 Å². The molecule has 1 rings (SSSR count). The average Bonchev–Trinajstić information content (AvgIpc) is 1.88. The quantitative estimate of drug-likeness (QED) is 0.546. The van der Waals surface area contributed by atoms with Crippen molar-refractivity contribution in [2.45, 2.75) is 39.7 Å². The number of rotatable bonds is 1. The molecular weight excluding hydrogens is 124 g/mol. The fraction of sp³-hybridized carbons (Fsp3) is 1.00. The second-order valence-corrected chi connectivity index (χ2v) is 3.60. The van der Waals surface area contributed by atoms with Gasteiger partial charge in [0.15, 0.2) is 0 Å². The van der Waals surface area contributed by atoms with Gasteiger partial charge in [0.2, 0.25) is 0 Å². The molecular formula is C9H18O. The molecule has 1 aliphatic heterocycles. The third-order valence-electron chi connectivity index (χ3n) is 2.41. The Morgan fingerprint density at radius 1 is 1.40 bits per heavy atom. The molecule has 0 aromatic heterocycles. The van der Waals surface area contributed by atoms with E-state index in [4.69, 9.17) is 4.74 Å². The molecule has 1 heteroatoms. The molecule has 0 aliphatic carbocycles. The van der Waals surface area contributed by atoms with Crippen molar-refractivity contribution in [1.29, 1.82) is 0 Å². The first-order valence-electron chi connectivity index (χ1n) is 4.35. The van der Waals surface area contributed by atoms with Crippen molar-refractivity contribution in [2.75, 3.05) is 6.61 Å². The van der Waals surface area contributed by atoms with Crippen LogP contribution in [-0.2, 0) is 4.74 Å². The maximum absolute atomic E-state index is 5.65. The Bertz CT molecular complexity index is 101. The van der Waals surface area contributed by atoms with E-state index >= 15 is 0 Å². The summed E-state index contributed by atoms with van der Waals surface area (Å²) in [6.07, 6.45) is 3.06. The van der Waals surface area contributed by atoms with Gasteiger partial charge in [0.1, 0.15) is 0 Å². The number of hydrogen-bond acceptors (Lipinski definition) is 1. The molecule has 1 saturated heterocycles. The van der Waals surface area contributed by atoms with Gasteiger partial charge >= 0.3 is 0 Å². The Morgan fingerprint density at radius 2 is 2.10 bits per heavy atom. The highest BCUT2D eigenvalue weighted by Crippen LogP contribution is 2.25. The van der Waals surface area contributed by atoms with Crippen LogP contribution in [0, 0.1) is 11.8 Å². The summed E-state index contributed by atoms with van der Waals surface area (Å²) in [5.74, 6) is 1.55. The van der Waals surface area contributed by atoms with Crippen LogP contribution in [0.2, 0.25) is 0 Å². The summed E-state index contributed by atoms with van der Waals surface area (Å²) in [7, 11) is 0. The first-order valence-corrected chi connectivity index (χ1v) is 4.35. The van der Waals surface area contributed by atoms with E-state index in [0.717, 1.165) is 18.4 Å². The molecule has 0 bridgehead atoms. The highest BCUT2D eigenvalue weighted by Gasteiger charge is 2.23. The zero-order chi connectivity index (χ0) is 7.56. The molecule has 3 atom stereocenters. The zero-order valence-corrected chi connectivity index (χ0v) is 7.26. The fourth-order valence-electron chi connectivity index (χ4n) is 1.83. The van der Waals surface area contributed by atoms with Crippen molar-refractivity contribution in [1.82, 2.24) is 0 Å². The van der Waals surface area contributed by atoms with Crippen molar-refractivity contribution < 1.29 is 4.74 Å². The molecule has 0 amide bonds. The largest absolute Gasteiger partial charge is 0.378 e. The van der Waals surface area contributed by atoms with Crippen molar-refractivity contribution in [3.05, 3.63) is 0 Å². The van der Waals surface area contributed by atoms with Gasteiger partial charge in [-0.3, -0.25) is 0 Å². The van der Waals surface area contributed by atoms with Crippen LogP contribution >= 0.6 is 0 Å². The maximum Gasteiger partial charge on any atom is 0.0598 e. The van der Waals surface area contributed by atoms with Crippen LogP contribution < -0.4 is 0 Å². The minimum atomic E-state index is 0.538. The Kier molecular flexibility index (Phi) is 2.72. The molecule has 1 fully saturated rings. The molecule has 60 valence electrons. The summed E-state index contributed by atoms with van der Waals surface area (Å²) in [6, 6.07) is 0. The van der Waals surface area contributed by atoms with E-state index in [2.05, 4.69) is 20.8 Å². The summed E-state index contributed by atoms with van der Waals surface area (Å²) in [4.78, 5) is 0. The van der Waals surface area contributed by atoms with E-state index in [1.807, 2.05) is 0 Å². The molecule has 1 aliphatic rings. The summed E-state index contributed by atoms with van der Waals surface area (Å²) >= 11 is 0. The molecule has 0 aromatic carbocycles. The van der Waals surface area contributed by atoms with Crippen molar-refractivity contribution >= 4 is 0 Å². The second-order valence-electron chi connectivity index (χ2n) is 3.60. The van der Waals surface area contributed by atoms with Crippen LogP contribution in [0.1, 0.15) is 33.6 Å². The topological polar surface area (TPSA) is 9.23 Å². The first-order chi connectivity index (χ1) is 4.74. The third-order valence-corrected chi connectivity index (χ3v) is 2.41. The lowest BCUT2D eigenvalue weighted by Crippen LogP contribution is -2.31. The van der Waals surface area contributed by atoms with E-state index in [9.17, 15) is 0 Å². The standard InChI is InChI=1S/C9H18O/c1-4-9-8(3)5-7(2)6-10-9/h7-9H,4-6H2,1-3H3/t7-,8-,9+/m0/s1. The predicted octanol–water partition coefficient (Wildman–Crippen LogP) is 2.46. The van der Waals surface area contributed by atoms with Crippen LogP contribution in [0.4, 0.5) is 0 Å². The Morgan fingerprint density at radius 3 is 2.60 bits per heavy atom. The minimum Gasteiger partial charge on any atom is -0.378 e. The highest BCUT2D eigenvalue weighted by atomic mass is 16.5. The van der Waals surface area contributed by atoms with Gasteiger partial charge in [0.25, 0.3) is 0 Å². The van der Waals surface area contributed by atoms with Gasteiger partial charge in [-0.15, -0.1) is 0 Å². The van der Waals surface area contributed by atoms with E-state index in [1.54, 1.807) is 0 Å². The molecule has 0 radical (unpaired) electrons. The molecule has 0 aromatic rings. The van der Waals surface area contributed by atoms with Gasteiger partial charge in [0, 0.05) is 6.61 Å². The van der Waals surface area contributed by atoms with E-state index < -0.39 is 0 Å². The van der Waals surface area contributed by atoms with Gasteiger partial charge < -0.3 is 4.74 Å². The highest BCUT2D eigenvalue weighted by molar-refractivity contribution is 4.72. The number of ether oxygens (including phenoxy) is 1. The van der Waals surface area contributed by atoms with Gasteiger partial charge in [-0.25, -0.2) is 0 Å². The van der Waals surface area contributed by atoms with Crippen molar-refractivity contribution in [3.8, 4) is 0 Å². The van der Waals surface area contributed by atoms with Crippen LogP contribution in [-0.4, -0.2) is 12.7 Å². The normalized spacial score (nSPS) is 41.7. The monoisotopic (exact) mass is 142 g/mol. The van der Waals surface area contributed by atoms with Crippen LogP contribution in [0.5, 0.6) is 0 Å². The lowest BCUT2D eigenvalue weighted by atomic mass is 9.89. The number of hydrogen-bond donors (Lipinski definition) is 0. The first kappa shape index (κ1) is 8.06. The molecule has 1 nitrogen and oxygen atoms in total. The van der Waals surface area contributed by atoms with Gasteiger partial charge in [0.05, 0.1) is 6.10 Å². The SMILES string of the molecule is CC[C@H]1OC[C@@H](C)C[C@@H]1C. The molecule has 0 spiro atoms. The predicted molar refractivity (Wildman–Crippen MR) is 43.0 cm³/mol. The molecule has 10 heavy (non-hydrogen) atoms. The molecule has 0 N–H and O–H groups in total. The van der Waals surface area contributed by atoms with Crippen molar-refractivity contribution in [3.63, 3.8) is 0 Å². The minimum absolute atomic E-state index is 0.538. The second kappa shape index (κ2) is 3.38. The fourth-order valence-corrected chi connectivity index (χ4v) is 1.83. The van der Waals surface area contributed by atoms with Gasteiger partial charge in [-0.05, 0) is 24.7 Å². The van der Waals surface area contributed by atoms with Crippen LogP contribution in [0.15, 0.2) is 0 Å². The van der Waals surface area contributed by atoms with Gasteiger partial charge in [-0.1, -0.05) is 20.8 Å². The summed E-state index contributed by atoms with van der Waals surface area (Å²) in [5.41, 5.74) is 0. The van der Waals surface area contributed by atoms with Crippen molar-refractivity contribution in [2.24, 2.45) is 11.8 Å². The Hall–Kier alpha value is -0.0400. The van der Waals surface area contributed by atoms with Crippen LogP contribution in [0.25, 0.3) is 0 Å². The summed E-state index contributed by atoms with van der Waals surface area (Å²) < 4.78 is 5.65. The van der Waals surface area contributed by atoms with Crippen LogP contribution in [0.3, 0.4) is 0 Å². The molecule has 0 saturated carbocycles. The van der Waals surface area contributed by atoms with E-state index in [-0.39, 0.29) is 0 Å². The van der Waals surface area contributed by atoms with E-state index in [0.29, 0.717) is 6.10 Å². The zero-order valence-electron chi connectivity index (χ0n) is 7.26.